The number of amides is 1. The highest BCUT2D eigenvalue weighted by Gasteiger charge is 2.42. The van der Waals surface area contributed by atoms with Gasteiger partial charge in [-0.1, -0.05) is 30.3 Å². The Hall–Kier alpha value is -1.43. The fraction of sp³-hybridized carbons (Fsp3) is 0.300. The Labute approximate surface area is 86.9 Å². The Kier molecular flexibility index (Phi) is 2.44. The fourth-order valence-electron chi connectivity index (χ4n) is 1.51. The molecule has 0 radical (unpaired) electrons. The number of β-amino-alcohol motifs (C(OH)–C–C–N with tert-alkyl or cyclic N) is 2. The predicted molar refractivity (Wildman–Crippen MR) is 52.2 cm³/mol. The lowest BCUT2D eigenvalue weighted by molar-refractivity contribution is -0.173. The SMILES string of the molecule is O=C1NN(Cc2ccccc2)CC1(O)O. The lowest BCUT2D eigenvalue weighted by Gasteiger charge is -2.14. The molecular formula is C10H12N2O3. The third-order valence-electron chi connectivity index (χ3n) is 2.25. The van der Waals surface area contributed by atoms with Gasteiger partial charge in [-0.3, -0.25) is 10.2 Å². The van der Waals surface area contributed by atoms with E-state index >= 15 is 0 Å². The highest BCUT2D eigenvalue weighted by molar-refractivity contribution is 5.84. The van der Waals surface area contributed by atoms with Gasteiger partial charge in [-0.05, 0) is 5.56 Å². The maximum Gasteiger partial charge on any atom is 0.295 e. The molecule has 1 amide bonds. The molecule has 1 heterocycles. The van der Waals surface area contributed by atoms with Crippen LogP contribution in [0, 0.1) is 0 Å². The summed E-state index contributed by atoms with van der Waals surface area (Å²) in [6.07, 6.45) is 0. The third-order valence-corrected chi connectivity index (χ3v) is 2.25. The first-order chi connectivity index (χ1) is 7.08. The van der Waals surface area contributed by atoms with Crippen molar-refractivity contribution in [1.29, 1.82) is 0 Å². The van der Waals surface area contributed by atoms with E-state index in [1.807, 2.05) is 30.3 Å². The van der Waals surface area contributed by atoms with Crippen LogP contribution in [-0.2, 0) is 11.3 Å². The van der Waals surface area contributed by atoms with Crippen LogP contribution in [0.15, 0.2) is 30.3 Å². The molecule has 1 saturated heterocycles. The molecule has 1 aliphatic rings. The molecule has 1 aromatic rings. The number of benzene rings is 1. The highest BCUT2D eigenvalue weighted by atomic mass is 16.5. The largest absolute Gasteiger partial charge is 0.357 e. The van der Waals surface area contributed by atoms with Crippen LogP contribution in [0.4, 0.5) is 0 Å². The summed E-state index contributed by atoms with van der Waals surface area (Å²) >= 11 is 0. The van der Waals surface area contributed by atoms with Crippen LogP contribution in [0.5, 0.6) is 0 Å². The zero-order chi connectivity index (χ0) is 10.9. The second-order valence-electron chi connectivity index (χ2n) is 3.60. The topological polar surface area (TPSA) is 72.8 Å². The zero-order valence-electron chi connectivity index (χ0n) is 8.05. The Bertz CT molecular complexity index is 364. The minimum absolute atomic E-state index is 0.124. The van der Waals surface area contributed by atoms with E-state index in [0.717, 1.165) is 5.56 Å². The lowest BCUT2D eigenvalue weighted by Crippen LogP contribution is -2.39. The Morgan fingerprint density at radius 3 is 2.53 bits per heavy atom. The zero-order valence-corrected chi connectivity index (χ0v) is 8.05. The van der Waals surface area contributed by atoms with Gasteiger partial charge in [0.25, 0.3) is 11.7 Å². The quantitative estimate of drug-likeness (QED) is 0.557. The maximum atomic E-state index is 11.0. The van der Waals surface area contributed by atoms with Gasteiger partial charge >= 0.3 is 0 Å². The van der Waals surface area contributed by atoms with Crippen LogP contribution in [-0.4, -0.2) is 33.5 Å². The van der Waals surface area contributed by atoms with Gasteiger partial charge in [0, 0.05) is 6.54 Å². The van der Waals surface area contributed by atoms with Crippen LogP contribution in [0.1, 0.15) is 5.56 Å². The summed E-state index contributed by atoms with van der Waals surface area (Å²) in [5.41, 5.74) is 3.38. The monoisotopic (exact) mass is 208 g/mol. The molecule has 0 bridgehead atoms. The first-order valence-electron chi connectivity index (χ1n) is 4.63. The van der Waals surface area contributed by atoms with Crippen LogP contribution in [0.25, 0.3) is 0 Å². The number of nitrogens with one attached hydrogen (secondary N) is 1. The molecule has 3 N–H and O–H groups in total. The first kappa shape index (κ1) is 10.1. The van der Waals surface area contributed by atoms with E-state index in [4.69, 9.17) is 0 Å². The van der Waals surface area contributed by atoms with Crippen molar-refractivity contribution >= 4 is 5.91 Å². The van der Waals surface area contributed by atoms with Gasteiger partial charge in [-0.15, -0.1) is 0 Å². The summed E-state index contributed by atoms with van der Waals surface area (Å²) in [7, 11) is 0. The summed E-state index contributed by atoms with van der Waals surface area (Å²) in [6.45, 7) is 0.330. The van der Waals surface area contributed by atoms with E-state index in [9.17, 15) is 15.0 Å². The van der Waals surface area contributed by atoms with Gasteiger partial charge in [-0.25, -0.2) is 5.01 Å². The second kappa shape index (κ2) is 3.62. The van der Waals surface area contributed by atoms with Crippen molar-refractivity contribution in [2.45, 2.75) is 12.3 Å². The number of aliphatic hydroxyl groups is 2. The van der Waals surface area contributed by atoms with Crippen LogP contribution >= 0.6 is 0 Å². The first-order valence-corrected chi connectivity index (χ1v) is 4.63. The molecule has 5 heteroatoms. The molecule has 2 rings (SSSR count). The highest BCUT2D eigenvalue weighted by Crippen LogP contribution is 2.13. The molecule has 0 atom stereocenters. The summed E-state index contributed by atoms with van der Waals surface area (Å²) in [5.74, 6) is -3.05. The average molecular weight is 208 g/mol. The number of hydrazine groups is 1. The maximum absolute atomic E-state index is 11.0. The van der Waals surface area contributed by atoms with E-state index < -0.39 is 11.7 Å². The molecule has 0 unspecified atom stereocenters. The summed E-state index contributed by atoms with van der Waals surface area (Å²) in [5, 5.41) is 19.9. The number of nitrogens with zero attached hydrogens (tertiary/aromatic N) is 1. The minimum atomic E-state index is -2.27. The van der Waals surface area contributed by atoms with Crippen molar-refractivity contribution in [2.24, 2.45) is 0 Å². The second-order valence-corrected chi connectivity index (χ2v) is 3.60. The smallest absolute Gasteiger partial charge is 0.295 e. The van der Waals surface area contributed by atoms with Gasteiger partial charge in [0.15, 0.2) is 0 Å². The van der Waals surface area contributed by atoms with Crippen LogP contribution in [0.2, 0.25) is 0 Å². The average Bonchev–Trinajstić information content (AvgIpc) is 2.42. The van der Waals surface area contributed by atoms with E-state index in [1.54, 1.807) is 0 Å². The molecule has 15 heavy (non-hydrogen) atoms. The fourth-order valence-corrected chi connectivity index (χ4v) is 1.51. The van der Waals surface area contributed by atoms with Gasteiger partial charge in [-0.2, -0.15) is 0 Å². The molecule has 1 fully saturated rings. The normalized spacial score (nSPS) is 20.3. The molecule has 0 spiro atoms. The van der Waals surface area contributed by atoms with Crippen molar-refractivity contribution in [3.63, 3.8) is 0 Å². The molecule has 80 valence electrons. The van der Waals surface area contributed by atoms with E-state index in [0.29, 0.717) is 6.54 Å². The van der Waals surface area contributed by atoms with E-state index in [2.05, 4.69) is 5.43 Å². The number of carbonyl (C=O) groups excluding carboxylic acids is 1. The van der Waals surface area contributed by atoms with E-state index in [-0.39, 0.29) is 6.54 Å². The Morgan fingerprint density at radius 2 is 2.00 bits per heavy atom. The number of carbonyl (C=O) groups is 1. The van der Waals surface area contributed by atoms with Crippen molar-refractivity contribution < 1.29 is 15.0 Å². The van der Waals surface area contributed by atoms with E-state index in [1.165, 1.54) is 5.01 Å². The van der Waals surface area contributed by atoms with Crippen LogP contribution < -0.4 is 5.43 Å². The number of hydrogen-bond acceptors (Lipinski definition) is 4. The predicted octanol–water partition coefficient (Wildman–Crippen LogP) is -0.786. The van der Waals surface area contributed by atoms with Crippen LogP contribution in [0.3, 0.4) is 0 Å². The van der Waals surface area contributed by atoms with Gasteiger partial charge in [0.05, 0.1) is 6.54 Å². The van der Waals surface area contributed by atoms with Crippen molar-refractivity contribution in [1.82, 2.24) is 10.4 Å². The Balaban J connectivity index is 2.02. The molecular weight excluding hydrogens is 196 g/mol. The molecule has 0 aromatic heterocycles. The third kappa shape index (κ3) is 2.15. The van der Waals surface area contributed by atoms with Crippen molar-refractivity contribution in [3.05, 3.63) is 35.9 Å². The number of hydrogen-bond donors (Lipinski definition) is 3. The lowest BCUT2D eigenvalue weighted by atomic mass is 10.2. The summed E-state index contributed by atoms with van der Waals surface area (Å²) < 4.78 is 0. The minimum Gasteiger partial charge on any atom is -0.357 e. The van der Waals surface area contributed by atoms with Crippen molar-refractivity contribution in [3.8, 4) is 0 Å². The summed E-state index contributed by atoms with van der Waals surface area (Å²) in [6, 6.07) is 9.48. The number of rotatable bonds is 2. The van der Waals surface area contributed by atoms with Gasteiger partial charge < -0.3 is 10.2 Å². The van der Waals surface area contributed by atoms with Gasteiger partial charge in [0.1, 0.15) is 0 Å². The molecule has 0 aliphatic carbocycles. The molecule has 5 nitrogen and oxygen atoms in total. The van der Waals surface area contributed by atoms with Crippen molar-refractivity contribution in [2.75, 3.05) is 6.54 Å². The standard InChI is InChI=1S/C10H12N2O3/c13-9-10(14,15)7-12(11-9)6-8-4-2-1-3-5-8/h1-5,14-15H,6-7H2,(H,11,13). The molecule has 0 saturated carbocycles. The Morgan fingerprint density at radius 1 is 1.33 bits per heavy atom. The molecule has 1 aromatic carbocycles. The summed E-state index contributed by atoms with van der Waals surface area (Å²) in [4.78, 5) is 11.0. The molecule has 1 aliphatic heterocycles. The van der Waals surface area contributed by atoms with Gasteiger partial charge in [0.2, 0.25) is 0 Å².